The van der Waals surface area contributed by atoms with Crippen LogP contribution >= 0.6 is 0 Å². The van der Waals surface area contributed by atoms with Crippen LogP contribution in [0.5, 0.6) is 5.75 Å². The van der Waals surface area contributed by atoms with Crippen LogP contribution in [0.25, 0.3) is 22.3 Å². The smallest absolute Gasteiger partial charge is 0.189 e. The van der Waals surface area contributed by atoms with E-state index in [1.54, 1.807) is 12.5 Å². The van der Waals surface area contributed by atoms with Gasteiger partial charge in [0.15, 0.2) is 22.1 Å². The predicted octanol–water partition coefficient (Wildman–Crippen LogP) is 3.29. The number of fused-ring (bicyclic) bond motifs is 4. The summed E-state index contributed by atoms with van der Waals surface area (Å²) in [4.78, 5) is 16.6. The Kier molecular flexibility index (Phi) is 5.03. The average Bonchev–Trinajstić information content (AvgIpc) is 2.77. The van der Waals surface area contributed by atoms with E-state index in [0.717, 1.165) is 22.3 Å². The first kappa shape index (κ1) is 20.5. The van der Waals surface area contributed by atoms with Crippen LogP contribution in [0, 0.1) is 0 Å². The molecular formula is C23H26N4O3S. The number of hydrogen-bond donors (Lipinski definition) is 0. The molecule has 5 rings (SSSR count). The molecule has 2 aliphatic rings. The quantitative estimate of drug-likeness (QED) is 0.580. The second-order valence-corrected chi connectivity index (χ2v) is 10.6. The molecule has 1 unspecified atom stereocenters. The van der Waals surface area contributed by atoms with Crippen molar-refractivity contribution in [3.63, 3.8) is 0 Å². The Morgan fingerprint density at radius 1 is 1.16 bits per heavy atom. The molecule has 7 nitrogen and oxygen atoms in total. The van der Waals surface area contributed by atoms with Gasteiger partial charge < -0.3 is 18.9 Å². The Morgan fingerprint density at radius 2 is 2.00 bits per heavy atom. The van der Waals surface area contributed by atoms with Gasteiger partial charge >= 0.3 is 0 Å². The van der Waals surface area contributed by atoms with E-state index in [1.165, 1.54) is 0 Å². The lowest BCUT2D eigenvalue weighted by molar-refractivity contribution is 0.0482. The van der Waals surface area contributed by atoms with Gasteiger partial charge in [0.2, 0.25) is 0 Å². The maximum Gasteiger partial charge on any atom is 0.189 e. The number of morpholine rings is 1. The first-order valence-electron chi connectivity index (χ1n) is 10.5. The van der Waals surface area contributed by atoms with E-state index in [2.05, 4.69) is 16.8 Å². The number of hydrogen-bond acceptors (Lipinski definition) is 7. The van der Waals surface area contributed by atoms with Crippen molar-refractivity contribution in [3.8, 4) is 17.1 Å². The Labute approximate surface area is 185 Å². The summed E-state index contributed by atoms with van der Waals surface area (Å²) in [6, 6.07) is 10.2. The SMILES string of the molecule is C[C@@H]1COC[C@H]2COc3c(nc(-c4ccc5ncccc5c4)nc3C(C)(C)[S+](C)[O-])N21. The molecule has 31 heavy (non-hydrogen) atoms. The maximum absolute atomic E-state index is 12.7. The summed E-state index contributed by atoms with van der Waals surface area (Å²) in [5.41, 5.74) is 2.49. The molecule has 3 aromatic rings. The topological polar surface area (TPSA) is 83.4 Å². The van der Waals surface area contributed by atoms with Crippen LogP contribution in [0.15, 0.2) is 36.5 Å². The lowest BCUT2D eigenvalue weighted by atomic mass is 10.0. The highest BCUT2D eigenvalue weighted by molar-refractivity contribution is 7.91. The van der Waals surface area contributed by atoms with E-state index < -0.39 is 15.9 Å². The summed E-state index contributed by atoms with van der Waals surface area (Å²) in [7, 11) is 0. The predicted molar refractivity (Wildman–Crippen MR) is 122 cm³/mol. The van der Waals surface area contributed by atoms with Crippen LogP contribution in [0.2, 0.25) is 0 Å². The van der Waals surface area contributed by atoms with E-state index in [-0.39, 0.29) is 12.1 Å². The van der Waals surface area contributed by atoms with Gasteiger partial charge in [-0.15, -0.1) is 0 Å². The van der Waals surface area contributed by atoms with Crippen molar-refractivity contribution >= 4 is 27.9 Å². The molecule has 162 valence electrons. The van der Waals surface area contributed by atoms with Crippen LogP contribution < -0.4 is 9.64 Å². The number of ether oxygens (including phenoxy) is 2. The van der Waals surface area contributed by atoms with E-state index in [4.69, 9.17) is 19.4 Å². The maximum atomic E-state index is 12.7. The molecular weight excluding hydrogens is 412 g/mol. The molecule has 0 bridgehead atoms. The Morgan fingerprint density at radius 3 is 2.81 bits per heavy atom. The molecule has 1 saturated heterocycles. The van der Waals surface area contributed by atoms with Gasteiger partial charge in [0.1, 0.15) is 12.3 Å². The summed E-state index contributed by atoms with van der Waals surface area (Å²) >= 11 is -1.15. The van der Waals surface area contributed by atoms with Crippen molar-refractivity contribution in [1.82, 2.24) is 15.0 Å². The minimum Gasteiger partial charge on any atom is -0.616 e. The van der Waals surface area contributed by atoms with Gasteiger partial charge in [-0.3, -0.25) is 4.98 Å². The van der Waals surface area contributed by atoms with Crippen LogP contribution in [0.3, 0.4) is 0 Å². The standard InChI is InChI=1S/C23H26N4O3S/c1-14-11-29-12-17-13-30-19-20(23(2,3)31(4)28)25-21(26-22(19)27(14)17)16-7-8-18-15(10-16)6-5-9-24-18/h5-10,14,17H,11-13H2,1-4H3/t14-,17+,31?/m1/s1. The molecule has 0 N–H and O–H groups in total. The molecule has 0 saturated carbocycles. The summed E-state index contributed by atoms with van der Waals surface area (Å²) in [6.07, 6.45) is 3.49. The highest BCUT2D eigenvalue weighted by Gasteiger charge is 2.43. The molecule has 0 radical (unpaired) electrons. The molecule has 8 heteroatoms. The van der Waals surface area contributed by atoms with Crippen molar-refractivity contribution in [2.75, 3.05) is 31.0 Å². The van der Waals surface area contributed by atoms with Crippen molar-refractivity contribution in [2.24, 2.45) is 0 Å². The molecule has 4 heterocycles. The fourth-order valence-electron chi connectivity index (χ4n) is 4.22. The van der Waals surface area contributed by atoms with Crippen molar-refractivity contribution in [1.29, 1.82) is 0 Å². The summed E-state index contributed by atoms with van der Waals surface area (Å²) in [6.45, 7) is 7.75. The zero-order valence-electron chi connectivity index (χ0n) is 18.2. The van der Waals surface area contributed by atoms with Gasteiger partial charge in [-0.05, 0) is 56.2 Å². The van der Waals surface area contributed by atoms with Crippen LogP contribution in [-0.2, 0) is 20.7 Å². The Balaban J connectivity index is 1.73. The minimum absolute atomic E-state index is 0.0999. The van der Waals surface area contributed by atoms with Crippen LogP contribution in [-0.4, -0.2) is 57.7 Å². The highest BCUT2D eigenvalue weighted by Crippen LogP contribution is 2.44. The number of pyridine rings is 1. The summed E-state index contributed by atoms with van der Waals surface area (Å²) in [5.74, 6) is 1.99. The van der Waals surface area contributed by atoms with Gasteiger partial charge in [-0.2, -0.15) is 0 Å². The van der Waals surface area contributed by atoms with E-state index >= 15 is 0 Å². The fraction of sp³-hybridized carbons (Fsp3) is 0.435. The molecule has 1 aromatic carbocycles. The number of nitrogens with zero attached hydrogens (tertiary/aromatic N) is 4. The van der Waals surface area contributed by atoms with E-state index in [1.807, 2.05) is 44.2 Å². The van der Waals surface area contributed by atoms with E-state index in [0.29, 0.717) is 37.1 Å². The first-order chi connectivity index (χ1) is 14.9. The molecule has 1 fully saturated rings. The normalized spacial score (nSPS) is 21.9. The second-order valence-electron chi connectivity index (χ2n) is 8.68. The first-order valence-corrected chi connectivity index (χ1v) is 12.0. The van der Waals surface area contributed by atoms with Gasteiger partial charge in [-0.1, -0.05) is 6.07 Å². The molecule has 2 aromatic heterocycles. The zero-order valence-corrected chi connectivity index (χ0v) is 19.0. The molecule has 0 amide bonds. The van der Waals surface area contributed by atoms with Gasteiger partial charge in [0.25, 0.3) is 0 Å². The lowest BCUT2D eigenvalue weighted by Gasteiger charge is -2.45. The summed E-state index contributed by atoms with van der Waals surface area (Å²) < 4.78 is 23.9. The van der Waals surface area contributed by atoms with Crippen molar-refractivity contribution in [3.05, 3.63) is 42.2 Å². The van der Waals surface area contributed by atoms with Gasteiger partial charge in [0.05, 0.1) is 37.1 Å². The number of benzene rings is 1. The van der Waals surface area contributed by atoms with E-state index in [9.17, 15) is 4.55 Å². The molecule has 3 atom stereocenters. The molecule has 2 aliphatic heterocycles. The highest BCUT2D eigenvalue weighted by atomic mass is 32.2. The Hall–Kier alpha value is -2.42. The minimum atomic E-state index is -1.15. The zero-order chi connectivity index (χ0) is 21.8. The van der Waals surface area contributed by atoms with Crippen molar-refractivity contribution in [2.45, 2.75) is 37.6 Å². The average molecular weight is 439 g/mol. The summed E-state index contributed by atoms with van der Waals surface area (Å²) in [5, 5.41) is 1.02. The molecule has 0 aliphatic carbocycles. The van der Waals surface area contributed by atoms with Gasteiger partial charge in [0, 0.05) is 17.1 Å². The third-order valence-corrected chi connectivity index (χ3v) is 7.83. The van der Waals surface area contributed by atoms with Crippen LogP contribution in [0.4, 0.5) is 5.82 Å². The largest absolute Gasteiger partial charge is 0.616 e. The number of anilines is 1. The number of aromatic nitrogens is 3. The Bertz CT molecular complexity index is 1140. The third kappa shape index (κ3) is 3.43. The monoisotopic (exact) mass is 438 g/mol. The number of rotatable bonds is 3. The molecule has 0 spiro atoms. The van der Waals surface area contributed by atoms with Crippen molar-refractivity contribution < 1.29 is 14.0 Å². The third-order valence-electron chi connectivity index (χ3n) is 6.20. The second kappa shape index (κ2) is 7.62. The van der Waals surface area contributed by atoms with Crippen LogP contribution in [0.1, 0.15) is 26.5 Å². The van der Waals surface area contributed by atoms with Gasteiger partial charge in [-0.25, -0.2) is 9.97 Å². The lowest BCUT2D eigenvalue weighted by Crippen LogP contribution is -2.56. The fourth-order valence-corrected chi connectivity index (χ4v) is 4.63.